The number of nitrogens with one attached hydrogen (secondary N) is 1. The van der Waals surface area contributed by atoms with E-state index < -0.39 is 6.10 Å². The number of piperazine rings is 2. The first kappa shape index (κ1) is 46.7. The Balaban J connectivity index is 0.000000155. The van der Waals surface area contributed by atoms with Gasteiger partial charge in [-0.3, -0.25) is 13.9 Å². The average molecular weight is 973 g/mol. The van der Waals surface area contributed by atoms with E-state index in [-0.39, 0.29) is 23.8 Å². The van der Waals surface area contributed by atoms with Gasteiger partial charge in [0.1, 0.15) is 6.10 Å². The van der Waals surface area contributed by atoms with Gasteiger partial charge in [0.2, 0.25) is 23.8 Å². The van der Waals surface area contributed by atoms with Crippen molar-refractivity contribution >= 4 is 63.7 Å². The molecule has 0 unspecified atom stereocenters. The minimum Gasteiger partial charge on any atom is -0.384 e. The molecular formula is C47H64N20O4. The molecular weight excluding hydrogens is 909 g/mol. The van der Waals surface area contributed by atoms with Crippen LogP contribution in [-0.2, 0) is 27.4 Å². The van der Waals surface area contributed by atoms with Crippen LogP contribution >= 0.6 is 0 Å². The summed E-state index contributed by atoms with van der Waals surface area (Å²) in [4.78, 5) is 70.2. The van der Waals surface area contributed by atoms with Crippen molar-refractivity contribution in [2.45, 2.75) is 77.7 Å². The molecule has 24 heteroatoms. The molecule has 0 aromatic carbocycles. The zero-order valence-electron chi connectivity index (χ0n) is 40.8. The molecule has 376 valence electrons. The van der Waals surface area contributed by atoms with E-state index in [9.17, 15) is 9.90 Å². The van der Waals surface area contributed by atoms with Gasteiger partial charge in [0.05, 0.1) is 37.6 Å². The number of ether oxygens (including phenoxy) is 2. The summed E-state index contributed by atoms with van der Waals surface area (Å²) >= 11 is 0. The summed E-state index contributed by atoms with van der Waals surface area (Å²) in [6.45, 7) is 17.7. The zero-order valence-corrected chi connectivity index (χ0v) is 40.8. The normalized spacial score (nSPS) is 21.4. The summed E-state index contributed by atoms with van der Waals surface area (Å²) in [5.74, 6) is 6.08. The van der Waals surface area contributed by atoms with Crippen LogP contribution in [0, 0.1) is 11.8 Å². The van der Waals surface area contributed by atoms with Crippen LogP contribution in [0.25, 0.3) is 45.1 Å². The molecule has 12 rings (SSSR count). The fraction of sp³-hybridized carbons (Fsp3) is 0.596. The van der Waals surface area contributed by atoms with E-state index in [4.69, 9.17) is 50.8 Å². The van der Waals surface area contributed by atoms with Crippen molar-refractivity contribution in [3.8, 4) is 22.8 Å². The van der Waals surface area contributed by atoms with Crippen LogP contribution in [0.2, 0.25) is 0 Å². The van der Waals surface area contributed by atoms with E-state index in [0.717, 1.165) is 97.2 Å². The van der Waals surface area contributed by atoms with Crippen LogP contribution in [0.1, 0.15) is 46.5 Å². The summed E-state index contributed by atoms with van der Waals surface area (Å²) in [6, 6.07) is 0.354. The Bertz CT molecular complexity index is 2840. The maximum atomic E-state index is 12.5. The van der Waals surface area contributed by atoms with Crippen molar-refractivity contribution in [1.82, 2.24) is 69.2 Å². The van der Waals surface area contributed by atoms with Gasteiger partial charge < -0.3 is 55.9 Å². The third-order valence-electron chi connectivity index (χ3n) is 14.1. The topological polar surface area (TPSA) is 275 Å². The van der Waals surface area contributed by atoms with E-state index in [1.165, 1.54) is 32.6 Å². The highest BCUT2D eigenvalue weighted by Crippen LogP contribution is 2.39. The minimum atomic E-state index is -1.01. The summed E-state index contributed by atoms with van der Waals surface area (Å²) in [5.41, 5.74) is 16.2. The lowest BCUT2D eigenvalue weighted by atomic mass is 10.1. The minimum absolute atomic E-state index is 0.0627. The number of amides is 1. The molecule has 4 aliphatic heterocycles. The molecule has 6 aromatic rings. The molecule has 4 saturated heterocycles. The summed E-state index contributed by atoms with van der Waals surface area (Å²) < 4.78 is 15.7. The summed E-state index contributed by atoms with van der Waals surface area (Å²) in [6.07, 6.45) is 10.6. The number of rotatable bonds is 11. The van der Waals surface area contributed by atoms with Gasteiger partial charge in [0.15, 0.2) is 45.6 Å². The molecule has 6 fully saturated rings. The number of hydrogen-bond acceptors (Lipinski definition) is 21. The fourth-order valence-corrected chi connectivity index (χ4v) is 9.86. The molecule has 3 atom stereocenters. The summed E-state index contributed by atoms with van der Waals surface area (Å²) in [7, 11) is 0. The van der Waals surface area contributed by atoms with Crippen LogP contribution < -0.4 is 36.4 Å². The molecule has 10 heterocycles. The van der Waals surface area contributed by atoms with E-state index in [0.29, 0.717) is 94.2 Å². The van der Waals surface area contributed by atoms with Crippen molar-refractivity contribution in [3.63, 3.8) is 0 Å². The van der Waals surface area contributed by atoms with Gasteiger partial charge in [-0.25, -0.2) is 49.8 Å². The number of aliphatic hydroxyl groups excluding tert-OH is 1. The Morgan fingerprint density at radius 1 is 0.648 bits per heavy atom. The van der Waals surface area contributed by atoms with Crippen molar-refractivity contribution in [1.29, 1.82) is 0 Å². The fourth-order valence-electron chi connectivity index (χ4n) is 9.86. The Kier molecular flexibility index (Phi) is 13.1. The second-order valence-corrected chi connectivity index (χ2v) is 19.7. The zero-order chi connectivity index (χ0) is 48.8. The van der Waals surface area contributed by atoms with Crippen LogP contribution in [0.3, 0.4) is 0 Å². The quantitative estimate of drug-likeness (QED) is 0.143. The molecule has 24 nitrogen and oxygen atoms in total. The van der Waals surface area contributed by atoms with Gasteiger partial charge in [0.25, 0.3) is 5.91 Å². The highest BCUT2D eigenvalue weighted by molar-refractivity contribution is 5.89. The molecule has 6 aromatic heterocycles. The van der Waals surface area contributed by atoms with Gasteiger partial charge in [-0.05, 0) is 58.3 Å². The van der Waals surface area contributed by atoms with Crippen LogP contribution in [0.4, 0.5) is 35.4 Å². The number of carbonyl (C=O) groups is 1. The average Bonchev–Trinajstić information content (AvgIpc) is 4.33. The standard InChI is InChI=1S/C25H34N10O3.C22H30N10O/c1-15-13-33(5-6-34(15)23(37)16(2)36)25-29-19-21(32-7-9-38-10-8-32)30-20(18-11-27-24(26)28-12-18)31-22(19)35(25)14-17-3-4-17;1-14-12-31(5-4-24-14)22-27-17-19(30-6-8-33-9-7-30)28-18(16-10-25-21(23)26-11-16)29-20(17)32(22)13-15-2-3-15/h11-12,15-17,36H,3-10,13-14H2,1-2H3,(H2,26,27,28);10-11,14-15,24H,2-9,12-13H2,1H3,(H2,23,25,26)/t15-,16+;14-/m00/s1. The van der Waals surface area contributed by atoms with Crippen molar-refractivity contribution in [3.05, 3.63) is 24.8 Å². The highest BCUT2D eigenvalue weighted by Gasteiger charge is 2.35. The van der Waals surface area contributed by atoms with E-state index in [2.05, 4.69) is 60.9 Å². The number of imidazole rings is 2. The largest absolute Gasteiger partial charge is 0.384 e. The SMILES string of the molecule is C[C@@H](O)C(=O)N1CCN(c2nc3c(N4CCOCC4)nc(-c4cnc(N)nc4)nc3n2CC2CC2)C[C@@H]1C.C[C@H]1CN(c2nc3c(N4CCOCC4)nc(-c4cnc(N)nc4)nc3n2CC2CC2)CCN1. The first-order valence-electron chi connectivity index (χ1n) is 25.1. The van der Waals surface area contributed by atoms with Crippen LogP contribution in [0.15, 0.2) is 24.8 Å². The van der Waals surface area contributed by atoms with E-state index in [1.807, 2.05) is 6.92 Å². The summed E-state index contributed by atoms with van der Waals surface area (Å²) in [5, 5.41) is 13.4. The molecule has 0 radical (unpaired) electrons. The number of aromatic nitrogens is 12. The van der Waals surface area contributed by atoms with Crippen molar-refractivity contribution in [2.75, 3.05) is 123 Å². The number of nitrogens with zero attached hydrogens (tertiary/aromatic N) is 17. The highest BCUT2D eigenvalue weighted by atomic mass is 16.5. The first-order valence-corrected chi connectivity index (χ1v) is 25.1. The number of nitrogen functional groups attached to an aromatic ring is 2. The lowest BCUT2D eigenvalue weighted by molar-refractivity contribution is -0.141. The molecule has 2 aliphatic carbocycles. The number of carbonyl (C=O) groups excluding carboxylic acids is 1. The van der Waals surface area contributed by atoms with Gasteiger partial charge >= 0.3 is 0 Å². The lowest BCUT2D eigenvalue weighted by Gasteiger charge is -2.40. The van der Waals surface area contributed by atoms with Gasteiger partial charge in [-0.15, -0.1) is 0 Å². The maximum Gasteiger partial charge on any atom is 0.251 e. The van der Waals surface area contributed by atoms with Crippen LogP contribution in [0.5, 0.6) is 0 Å². The Morgan fingerprint density at radius 3 is 1.54 bits per heavy atom. The van der Waals surface area contributed by atoms with Gasteiger partial charge in [-0.2, -0.15) is 0 Å². The molecule has 1 amide bonds. The van der Waals surface area contributed by atoms with Gasteiger partial charge in [0, 0.05) is 115 Å². The molecule has 6 aliphatic rings. The number of anilines is 6. The van der Waals surface area contributed by atoms with E-state index in [1.54, 1.807) is 29.7 Å². The second-order valence-electron chi connectivity index (χ2n) is 19.7. The number of fused-ring (bicyclic) bond motifs is 2. The molecule has 2 saturated carbocycles. The molecule has 0 bridgehead atoms. The van der Waals surface area contributed by atoms with Crippen LogP contribution in [-0.4, -0.2) is 185 Å². The number of hydrogen-bond donors (Lipinski definition) is 4. The predicted molar refractivity (Wildman–Crippen MR) is 268 cm³/mol. The number of morpholine rings is 2. The molecule has 0 spiro atoms. The molecule has 71 heavy (non-hydrogen) atoms. The predicted octanol–water partition coefficient (Wildman–Crippen LogP) is 1.44. The smallest absolute Gasteiger partial charge is 0.251 e. The van der Waals surface area contributed by atoms with Crippen molar-refractivity contribution < 1.29 is 19.4 Å². The Morgan fingerprint density at radius 2 is 1.11 bits per heavy atom. The number of aliphatic hydroxyl groups is 1. The molecule has 6 N–H and O–H groups in total. The Labute approximate surface area is 411 Å². The number of nitrogens with two attached hydrogens (primary N) is 2. The first-order chi connectivity index (χ1) is 34.5. The monoisotopic (exact) mass is 973 g/mol. The van der Waals surface area contributed by atoms with Crippen molar-refractivity contribution in [2.24, 2.45) is 11.8 Å². The third kappa shape index (κ3) is 10.0. The van der Waals surface area contributed by atoms with Gasteiger partial charge in [-0.1, -0.05) is 0 Å². The Hall–Kier alpha value is -6.63. The second kappa shape index (κ2) is 19.9. The third-order valence-corrected chi connectivity index (χ3v) is 14.1. The van der Waals surface area contributed by atoms with E-state index >= 15 is 0 Å². The maximum absolute atomic E-state index is 12.5. The lowest BCUT2D eigenvalue weighted by Crippen LogP contribution is -2.56.